The van der Waals surface area contributed by atoms with Gasteiger partial charge in [0.25, 0.3) is 5.69 Å². The van der Waals surface area contributed by atoms with Crippen LogP contribution in [0.5, 0.6) is 0 Å². The first-order valence-electron chi connectivity index (χ1n) is 8.13. The monoisotopic (exact) mass is 376 g/mol. The van der Waals surface area contributed by atoms with Crippen molar-refractivity contribution in [3.63, 3.8) is 0 Å². The molecule has 0 fully saturated rings. The molecule has 26 heavy (non-hydrogen) atoms. The fraction of sp³-hybridized carbons (Fsp3) is 0.278. The van der Waals surface area contributed by atoms with E-state index in [1.165, 1.54) is 6.07 Å². The summed E-state index contributed by atoms with van der Waals surface area (Å²) in [5.41, 5.74) is 9.59. The number of nitrogens with two attached hydrogens (primary N) is 1. The Morgan fingerprint density at radius 2 is 2.04 bits per heavy atom. The highest BCUT2D eigenvalue weighted by Gasteiger charge is 2.22. The Bertz CT molecular complexity index is 841. The predicted octanol–water partition coefficient (Wildman–Crippen LogP) is 3.30. The number of amides is 1. The van der Waals surface area contributed by atoms with Crippen LogP contribution in [0, 0.1) is 17.0 Å². The van der Waals surface area contributed by atoms with E-state index in [0.717, 1.165) is 36.3 Å². The third kappa shape index (κ3) is 3.88. The molecule has 0 spiro atoms. The molecule has 1 aliphatic heterocycles. The van der Waals surface area contributed by atoms with Crippen LogP contribution >= 0.6 is 12.4 Å². The number of hydrogen-bond acceptors (Lipinski definition) is 5. The number of nitrogen functional groups attached to an aromatic ring is 1. The van der Waals surface area contributed by atoms with Gasteiger partial charge in [-0.05, 0) is 43.0 Å². The molecule has 1 aliphatic rings. The molecule has 2 aromatic rings. The van der Waals surface area contributed by atoms with Crippen molar-refractivity contribution in [2.75, 3.05) is 29.0 Å². The van der Waals surface area contributed by atoms with Crippen LogP contribution in [0.15, 0.2) is 36.4 Å². The minimum atomic E-state index is -0.487. The second kappa shape index (κ2) is 8.05. The number of nitrogens with zero attached hydrogens (tertiary/aromatic N) is 2. The lowest BCUT2D eigenvalue weighted by atomic mass is 10.00. The van der Waals surface area contributed by atoms with E-state index in [0.29, 0.717) is 5.56 Å². The zero-order chi connectivity index (χ0) is 18.0. The van der Waals surface area contributed by atoms with Crippen LogP contribution in [0.2, 0.25) is 0 Å². The number of rotatable bonds is 4. The summed E-state index contributed by atoms with van der Waals surface area (Å²) < 4.78 is 0. The number of carbonyl (C=O) groups excluding carboxylic acids is 1. The number of nitro groups is 1. The lowest BCUT2D eigenvalue weighted by Crippen LogP contribution is -2.37. The minimum absolute atomic E-state index is 0. The molecule has 7 nitrogen and oxygen atoms in total. The van der Waals surface area contributed by atoms with E-state index in [1.807, 2.05) is 23.1 Å². The van der Waals surface area contributed by atoms with E-state index in [2.05, 4.69) is 5.32 Å². The summed E-state index contributed by atoms with van der Waals surface area (Å²) in [6, 6.07) is 10.4. The van der Waals surface area contributed by atoms with Gasteiger partial charge in [0.05, 0.1) is 11.5 Å². The third-order valence-corrected chi connectivity index (χ3v) is 4.43. The summed E-state index contributed by atoms with van der Waals surface area (Å²) in [5, 5.41) is 13.9. The molecule has 138 valence electrons. The van der Waals surface area contributed by atoms with E-state index in [-0.39, 0.29) is 36.2 Å². The van der Waals surface area contributed by atoms with Gasteiger partial charge in [-0.2, -0.15) is 0 Å². The van der Waals surface area contributed by atoms with Crippen LogP contribution in [-0.4, -0.2) is 23.9 Å². The van der Waals surface area contributed by atoms with Crippen molar-refractivity contribution in [3.05, 3.63) is 57.6 Å². The summed E-state index contributed by atoms with van der Waals surface area (Å²) in [5.74, 6) is -0.285. The highest BCUT2D eigenvalue weighted by Crippen LogP contribution is 2.31. The average Bonchev–Trinajstić information content (AvgIpc) is 2.57. The molecular weight excluding hydrogens is 356 g/mol. The van der Waals surface area contributed by atoms with Crippen molar-refractivity contribution in [2.45, 2.75) is 19.8 Å². The number of halogens is 1. The van der Waals surface area contributed by atoms with Gasteiger partial charge in [0.15, 0.2) is 0 Å². The Morgan fingerprint density at radius 3 is 2.77 bits per heavy atom. The second-order valence-electron chi connectivity index (χ2n) is 6.14. The molecule has 0 atom stereocenters. The molecule has 8 heteroatoms. The minimum Gasteiger partial charge on any atom is -0.398 e. The second-order valence-corrected chi connectivity index (χ2v) is 6.14. The lowest BCUT2D eigenvalue weighted by molar-refractivity contribution is -0.384. The van der Waals surface area contributed by atoms with Gasteiger partial charge in [-0.25, -0.2) is 0 Å². The van der Waals surface area contributed by atoms with Crippen LogP contribution in [0.25, 0.3) is 0 Å². The van der Waals surface area contributed by atoms with Crippen LogP contribution < -0.4 is 16.0 Å². The molecule has 0 radical (unpaired) electrons. The Balaban J connectivity index is 0.00000243. The average molecular weight is 377 g/mol. The first-order valence-corrected chi connectivity index (χ1v) is 8.13. The van der Waals surface area contributed by atoms with Crippen LogP contribution in [-0.2, 0) is 11.2 Å². The van der Waals surface area contributed by atoms with Gasteiger partial charge in [-0.1, -0.05) is 18.2 Å². The molecule has 0 bridgehead atoms. The predicted molar refractivity (Wildman–Crippen MR) is 105 cm³/mol. The number of nitro benzene ring substituents is 1. The maximum absolute atomic E-state index is 12.5. The standard InChI is InChI=1S/C18H20N4O3.ClH/c1-12-5-2-9-16(22(24)25)18(12)20-17(23)11-21-10-4-6-13-14(19)7-3-8-15(13)21;/h2-3,5,7-9H,4,6,10-11,19H2,1H3,(H,20,23);1H. The van der Waals surface area contributed by atoms with Gasteiger partial charge in [0.2, 0.25) is 5.91 Å². The number of benzene rings is 2. The van der Waals surface area contributed by atoms with E-state index in [1.54, 1.807) is 19.1 Å². The lowest BCUT2D eigenvalue weighted by Gasteiger charge is -2.31. The van der Waals surface area contributed by atoms with Gasteiger partial charge in [-0.15, -0.1) is 12.4 Å². The summed E-state index contributed by atoms with van der Waals surface area (Å²) in [6.45, 7) is 2.61. The number of nitrogens with one attached hydrogen (secondary N) is 1. The Labute approximate surface area is 157 Å². The SMILES string of the molecule is Cc1cccc([N+](=O)[O-])c1NC(=O)CN1CCCc2c(N)cccc21.Cl. The highest BCUT2D eigenvalue weighted by atomic mass is 35.5. The number of para-hydroxylation sites is 1. The summed E-state index contributed by atoms with van der Waals surface area (Å²) in [4.78, 5) is 25.2. The molecular formula is C18H21ClN4O3. The van der Waals surface area contributed by atoms with Gasteiger partial charge in [0.1, 0.15) is 5.69 Å². The van der Waals surface area contributed by atoms with E-state index >= 15 is 0 Å². The van der Waals surface area contributed by atoms with Crippen LogP contribution in [0.3, 0.4) is 0 Å². The van der Waals surface area contributed by atoms with Crippen LogP contribution in [0.1, 0.15) is 17.5 Å². The number of anilines is 3. The van der Waals surface area contributed by atoms with Crippen molar-refractivity contribution in [1.29, 1.82) is 0 Å². The molecule has 1 amide bonds. The molecule has 0 saturated heterocycles. The highest BCUT2D eigenvalue weighted by molar-refractivity contribution is 5.97. The Morgan fingerprint density at radius 1 is 1.31 bits per heavy atom. The summed E-state index contributed by atoms with van der Waals surface area (Å²) >= 11 is 0. The van der Waals surface area contributed by atoms with Gasteiger partial charge < -0.3 is 16.0 Å². The maximum Gasteiger partial charge on any atom is 0.293 e. The first kappa shape index (κ1) is 19.5. The van der Waals surface area contributed by atoms with Gasteiger partial charge in [-0.3, -0.25) is 14.9 Å². The van der Waals surface area contributed by atoms with Crippen molar-refractivity contribution >= 4 is 41.1 Å². The van der Waals surface area contributed by atoms with E-state index in [9.17, 15) is 14.9 Å². The molecule has 3 N–H and O–H groups in total. The molecule has 0 aliphatic carbocycles. The molecule has 0 saturated carbocycles. The third-order valence-electron chi connectivity index (χ3n) is 4.43. The first-order chi connectivity index (χ1) is 12.0. The number of fused-ring (bicyclic) bond motifs is 1. The van der Waals surface area contributed by atoms with E-state index < -0.39 is 4.92 Å². The van der Waals surface area contributed by atoms with E-state index in [4.69, 9.17) is 5.73 Å². The molecule has 0 aromatic heterocycles. The van der Waals surface area contributed by atoms with Gasteiger partial charge >= 0.3 is 0 Å². The van der Waals surface area contributed by atoms with Crippen molar-refractivity contribution in [2.24, 2.45) is 0 Å². The molecule has 1 heterocycles. The number of hydrogen-bond donors (Lipinski definition) is 2. The fourth-order valence-corrected chi connectivity index (χ4v) is 3.21. The molecule has 2 aromatic carbocycles. The van der Waals surface area contributed by atoms with Gasteiger partial charge in [0, 0.05) is 24.0 Å². The number of carbonyl (C=O) groups is 1. The topological polar surface area (TPSA) is 102 Å². The smallest absolute Gasteiger partial charge is 0.293 e. The number of aryl methyl sites for hydroxylation is 1. The fourth-order valence-electron chi connectivity index (χ4n) is 3.21. The van der Waals surface area contributed by atoms with Crippen molar-refractivity contribution in [1.82, 2.24) is 0 Å². The Hall–Kier alpha value is -2.80. The molecule has 3 rings (SSSR count). The van der Waals surface area contributed by atoms with Crippen molar-refractivity contribution in [3.8, 4) is 0 Å². The zero-order valence-corrected chi connectivity index (χ0v) is 15.2. The van der Waals surface area contributed by atoms with Crippen molar-refractivity contribution < 1.29 is 9.72 Å². The maximum atomic E-state index is 12.5. The quantitative estimate of drug-likeness (QED) is 0.484. The largest absolute Gasteiger partial charge is 0.398 e. The molecule has 0 unspecified atom stereocenters. The Kier molecular flexibility index (Phi) is 6.05. The normalized spacial score (nSPS) is 12.7. The summed E-state index contributed by atoms with van der Waals surface area (Å²) in [7, 11) is 0. The van der Waals surface area contributed by atoms with Crippen LogP contribution in [0.4, 0.5) is 22.7 Å². The zero-order valence-electron chi connectivity index (χ0n) is 14.4. The summed E-state index contributed by atoms with van der Waals surface area (Å²) in [6.07, 6.45) is 1.81.